The molecule has 0 spiro atoms. The largest absolute Gasteiger partial charge is 0.353 e. The van der Waals surface area contributed by atoms with Gasteiger partial charge in [0.15, 0.2) is 5.17 Å². The lowest BCUT2D eigenvalue weighted by Crippen LogP contribution is -2.32. The number of benzene rings is 1. The first-order valence-electron chi connectivity index (χ1n) is 6.61. The van der Waals surface area contributed by atoms with Crippen molar-refractivity contribution in [2.24, 2.45) is 4.99 Å². The van der Waals surface area contributed by atoms with Gasteiger partial charge < -0.3 is 10.6 Å². The van der Waals surface area contributed by atoms with Crippen molar-refractivity contribution in [2.75, 3.05) is 0 Å². The molecule has 1 saturated carbocycles. The Bertz CT molecular complexity index is 555. The average molecular weight is 289 g/mol. The van der Waals surface area contributed by atoms with Crippen molar-refractivity contribution in [3.63, 3.8) is 0 Å². The van der Waals surface area contributed by atoms with Gasteiger partial charge in [0.25, 0.3) is 0 Å². The zero-order valence-corrected chi connectivity index (χ0v) is 11.7. The van der Waals surface area contributed by atoms with Crippen LogP contribution in [0.15, 0.2) is 35.3 Å². The van der Waals surface area contributed by atoms with Crippen molar-refractivity contribution in [1.82, 2.24) is 10.6 Å². The molecule has 2 aliphatic rings. The third-order valence-corrected chi connectivity index (χ3v) is 4.16. The van der Waals surface area contributed by atoms with E-state index in [9.17, 15) is 9.59 Å². The standard InChI is InChI=1S/C14H15N3O2S/c18-12(15-10-6-7-10)8-11-13(19)17-14(20-11)16-9-4-2-1-3-5-9/h1-5,10-11H,6-8H2,(H,15,18)(H,16,17,19)/t11-/m1/s1. The Hall–Kier alpha value is -1.82. The number of amides is 2. The van der Waals surface area contributed by atoms with Crippen LogP contribution in [0.1, 0.15) is 19.3 Å². The van der Waals surface area contributed by atoms with Crippen molar-refractivity contribution in [3.8, 4) is 0 Å². The minimum Gasteiger partial charge on any atom is -0.353 e. The van der Waals surface area contributed by atoms with Gasteiger partial charge in [-0.25, -0.2) is 4.99 Å². The minimum absolute atomic E-state index is 0.0545. The maximum Gasteiger partial charge on any atom is 0.240 e. The second-order valence-corrected chi connectivity index (χ2v) is 6.09. The summed E-state index contributed by atoms with van der Waals surface area (Å²) in [5.41, 5.74) is 0.790. The molecule has 3 rings (SSSR count). The van der Waals surface area contributed by atoms with Crippen LogP contribution in [0.25, 0.3) is 0 Å². The second kappa shape index (κ2) is 5.66. The fourth-order valence-electron chi connectivity index (χ4n) is 1.89. The minimum atomic E-state index is -0.379. The lowest BCUT2D eigenvalue weighted by Gasteiger charge is -2.05. The Kier molecular flexibility index (Phi) is 3.73. The van der Waals surface area contributed by atoms with Crippen LogP contribution in [-0.4, -0.2) is 28.3 Å². The highest BCUT2D eigenvalue weighted by Gasteiger charge is 2.33. The molecular formula is C14H15N3O2S. The third kappa shape index (κ3) is 3.39. The van der Waals surface area contributed by atoms with Crippen molar-refractivity contribution >= 4 is 34.4 Å². The Morgan fingerprint density at radius 2 is 2.10 bits per heavy atom. The molecular weight excluding hydrogens is 274 g/mol. The van der Waals surface area contributed by atoms with Gasteiger partial charge in [0, 0.05) is 12.5 Å². The molecule has 5 nitrogen and oxygen atoms in total. The summed E-state index contributed by atoms with van der Waals surface area (Å²) in [5.74, 6) is -0.197. The first-order chi connectivity index (χ1) is 9.70. The molecule has 1 aromatic rings. The van der Waals surface area contributed by atoms with Gasteiger partial charge in [0.2, 0.25) is 11.8 Å². The Balaban J connectivity index is 1.60. The van der Waals surface area contributed by atoms with Crippen LogP contribution >= 0.6 is 11.8 Å². The van der Waals surface area contributed by atoms with E-state index in [0.717, 1.165) is 18.5 Å². The molecule has 1 atom stereocenters. The van der Waals surface area contributed by atoms with E-state index in [4.69, 9.17) is 0 Å². The topological polar surface area (TPSA) is 70.6 Å². The van der Waals surface area contributed by atoms with Crippen LogP contribution in [0.5, 0.6) is 0 Å². The number of amidine groups is 1. The number of hydrogen-bond donors (Lipinski definition) is 2. The summed E-state index contributed by atoms with van der Waals surface area (Å²) in [6.45, 7) is 0. The quantitative estimate of drug-likeness (QED) is 0.884. The van der Waals surface area contributed by atoms with Crippen LogP contribution in [0.3, 0.4) is 0 Å². The maximum atomic E-state index is 11.8. The molecule has 104 valence electrons. The molecule has 1 aliphatic carbocycles. The predicted octanol–water partition coefficient (Wildman–Crippen LogP) is 1.57. The number of carbonyl (C=O) groups is 2. The van der Waals surface area contributed by atoms with Crippen LogP contribution in [-0.2, 0) is 9.59 Å². The number of nitrogens with one attached hydrogen (secondary N) is 2. The molecule has 1 aliphatic heterocycles. The van der Waals surface area contributed by atoms with Crippen LogP contribution in [0.4, 0.5) is 5.69 Å². The Morgan fingerprint density at radius 3 is 2.80 bits per heavy atom. The van der Waals surface area contributed by atoms with E-state index in [-0.39, 0.29) is 23.5 Å². The number of carbonyl (C=O) groups excluding carboxylic acids is 2. The first kappa shape index (κ1) is 13.2. The molecule has 2 fully saturated rings. The zero-order valence-electron chi connectivity index (χ0n) is 10.8. The van der Waals surface area contributed by atoms with E-state index in [2.05, 4.69) is 15.6 Å². The number of rotatable bonds is 4. The summed E-state index contributed by atoms with van der Waals surface area (Å²) in [7, 11) is 0. The van der Waals surface area contributed by atoms with Gasteiger partial charge in [-0.3, -0.25) is 9.59 Å². The lowest BCUT2D eigenvalue weighted by molar-refractivity contribution is -0.125. The van der Waals surface area contributed by atoms with Gasteiger partial charge in [-0.1, -0.05) is 30.0 Å². The molecule has 2 N–H and O–H groups in total. The fourth-order valence-corrected chi connectivity index (χ4v) is 2.88. The van der Waals surface area contributed by atoms with E-state index in [1.807, 2.05) is 30.3 Å². The normalized spacial score (nSPS) is 23.7. The summed E-state index contributed by atoms with van der Waals surface area (Å²) < 4.78 is 0. The van der Waals surface area contributed by atoms with Crippen molar-refractivity contribution in [2.45, 2.75) is 30.6 Å². The van der Waals surface area contributed by atoms with Gasteiger partial charge in [-0.15, -0.1) is 0 Å². The molecule has 1 saturated heterocycles. The van der Waals surface area contributed by atoms with Crippen LogP contribution < -0.4 is 10.6 Å². The van der Waals surface area contributed by atoms with Crippen LogP contribution in [0, 0.1) is 0 Å². The van der Waals surface area contributed by atoms with Gasteiger partial charge in [-0.2, -0.15) is 0 Å². The number of para-hydroxylation sites is 1. The van der Waals surface area contributed by atoms with Crippen molar-refractivity contribution in [1.29, 1.82) is 0 Å². The Labute approximate surface area is 121 Å². The third-order valence-electron chi connectivity index (χ3n) is 3.08. The lowest BCUT2D eigenvalue weighted by atomic mass is 10.2. The van der Waals surface area contributed by atoms with E-state index in [1.54, 1.807) is 0 Å². The monoisotopic (exact) mass is 289 g/mol. The molecule has 0 aromatic heterocycles. The molecule has 0 radical (unpaired) electrons. The summed E-state index contributed by atoms with van der Waals surface area (Å²) in [6, 6.07) is 9.76. The molecule has 0 bridgehead atoms. The predicted molar refractivity (Wildman–Crippen MR) is 78.8 cm³/mol. The molecule has 2 amide bonds. The first-order valence-corrected chi connectivity index (χ1v) is 7.49. The summed E-state index contributed by atoms with van der Waals surface area (Å²) in [6.07, 6.45) is 2.31. The fraction of sp³-hybridized carbons (Fsp3) is 0.357. The van der Waals surface area contributed by atoms with Gasteiger partial charge in [0.1, 0.15) is 5.25 Å². The highest BCUT2D eigenvalue weighted by Crippen LogP contribution is 2.26. The van der Waals surface area contributed by atoms with E-state index in [1.165, 1.54) is 11.8 Å². The van der Waals surface area contributed by atoms with Crippen molar-refractivity contribution in [3.05, 3.63) is 30.3 Å². The summed E-state index contributed by atoms with van der Waals surface area (Å²) >= 11 is 1.32. The molecule has 1 aromatic carbocycles. The smallest absolute Gasteiger partial charge is 0.240 e. The second-order valence-electron chi connectivity index (χ2n) is 4.89. The molecule has 20 heavy (non-hydrogen) atoms. The van der Waals surface area contributed by atoms with E-state index < -0.39 is 0 Å². The number of hydrogen-bond acceptors (Lipinski definition) is 4. The number of thioether (sulfide) groups is 1. The van der Waals surface area contributed by atoms with E-state index in [0.29, 0.717) is 11.2 Å². The van der Waals surface area contributed by atoms with Gasteiger partial charge in [0.05, 0.1) is 5.69 Å². The SMILES string of the molecule is O=C(C[C@H]1SC(=Nc2ccccc2)NC1=O)NC1CC1. The Morgan fingerprint density at radius 1 is 1.35 bits per heavy atom. The number of nitrogens with zero attached hydrogens (tertiary/aromatic N) is 1. The summed E-state index contributed by atoms with van der Waals surface area (Å²) in [4.78, 5) is 27.9. The van der Waals surface area contributed by atoms with E-state index >= 15 is 0 Å². The maximum absolute atomic E-state index is 11.8. The number of aliphatic imine (C=N–C) groups is 1. The molecule has 6 heteroatoms. The van der Waals surface area contributed by atoms with Crippen molar-refractivity contribution < 1.29 is 9.59 Å². The van der Waals surface area contributed by atoms with Crippen LogP contribution in [0.2, 0.25) is 0 Å². The highest BCUT2D eigenvalue weighted by atomic mass is 32.2. The zero-order chi connectivity index (χ0) is 13.9. The molecule has 0 unspecified atom stereocenters. The van der Waals surface area contributed by atoms with Gasteiger partial charge in [-0.05, 0) is 25.0 Å². The highest BCUT2D eigenvalue weighted by molar-refractivity contribution is 8.15. The average Bonchev–Trinajstić information content (AvgIpc) is 3.16. The summed E-state index contributed by atoms with van der Waals surface area (Å²) in [5, 5.41) is 5.80. The molecule has 1 heterocycles. The van der Waals surface area contributed by atoms with Gasteiger partial charge >= 0.3 is 0 Å².